The first-order valence-electron chi connectivity index (χ1n) is 11.1. The third kappa shape index (κ3) is 5.76. The molecule has 0 saturated carbocycles. The predicted molar refractivity (Wildman–Crippen MR) is 145 cm³/mol. The quantitative estimate of drug-likeness (QED) is 0.305. The van der Waals surface area contributed by atoms with Crippen LogP contribution < -0.4 is 9.64 Å². The van der Waals surface area contributed by atoms with E-state index in [-0.39, 0.29) is 0 Å². The Labute approximate surface area is 211 Å². The van der Waals surface area contributed by atoms with E-state index < -0.39 is 7.29 Å². The molecule has 0 N–H and O–H groups in total. The number of para-hydroxylation sites is 2. The first kappa shape index (κ1) is 24.6. The second kappa shape index (κ2) is 11.3. The molecule has 0 radical (unpaired) electrons. The van der Waals surface area contributed by atoms with Crippen molar-refractivity contribution in [2.45, 2.75) is 0 Å². The molecule has 1 fully saturated rings. The summed E-state index contributed by atoms with van der Waals surface area (Å²) in [6.07, 6.45) is 0. The lowest BCUT2D eigenvalue weighted by Crippen LogP contribution is -2.44. The number of methoxy groups -OCH3 is 1. The van der Waals surface area contributed by atoms with Crippen LogP contribution in [0.3, 0.4) is 0 Å². The SMILES string of the molecule is COc1ccccc1N1CCN(P(=O)(/C=C(\Cl)c2ccccc2)/C=C(\Cl)c2ccccc2)CC1. The van der Waals surface area contributed by atoms with E-state index in [1.807, 2.05) is 89.6 Å². The zero-order valence-corrected chi connectivity index (χ0v) is 21.4. The normalized spacial score (nSPS) is 15.9. The average Bonchev–Trinajstić information content (AvgIpc) is 2.89. The van der Waals surface area contributed by atoms with Crippen molar-refractivity contribution < 1.29 is 9.30 Å². The fraction of sp³-hybridized carbons (Fsp3) is 0.185. The zero-order valence-electron chi connectivity index (χ0n) is 19.0. The molecule has 1 saturated heterocycles. The maximum Gasteiger partial charge on any atom is 0.196 e. The molecule has 0 bridgehead atoms. The van der Waals surface area contributed by atoms with Crippen LogP contribution in [0.5, 0.6) is 5.75 Å². The predicted octanol–water partition coefficient (Wildman–Crippen LogP) is 7.57. The highest BCUT2D eigenvalue weighted by Gasteiger charge is 2.31. The van der Waals surface area contributed by atoms with Gasteiger partial charge in [0.2, 0.25) is 0 Å². The second-order valence-electron chi connectivity index (χ2n) is 7.97. The van der Waals surface area contributed by atoms with Gasteiger partial charge in [0, 0.05) is 37.8 Å². The van der Waals surface area contributed by atoms with Gasteiger partial charge in [-0.1, -0.05) is 96.0 Å². The van der Waals surface area contributed by atoms with Crippen molar-refractivity contribution >= 4 is 46.2 Å². The maximum absolute atomic E-state index is 14.5. The lowest BCUT2D eigenvalue weighted by atomic mass is 10.2. The van der Waals surface area contributed by atoms with E-state index in [0.717, 1.165) is 22.6 Å². The minimum Gasteiger partial charge on any atom is -0.495 e. The van der Waals surface area contributed by atoms with Crippen molar-refractivity contribution in [2.24, 2.45) is 0 Å². The Morgan fingerprint density at radius 2 is 1.24 bits per heavy atom. The van der Waals surface area contributed by atoms with E-state index >= 15 is 0 Å². The van der Waals surface area contributed by atoms with Crippen molar-refractivity contribution in [3.63, 3.8) is 0 Å². The molecule has 4 nitrogen and oxygen atoms in total. The first-order chi connectivity index (χ1) is 16.5. The molecule has 1 aliphatic rings. The van der Waals surface area contributed by atoms with Crippen molar-refractivity contribution in [1.29, 1.82) is 0 Å². The molecule has 0 aliphatic carbocycles. The lowest BCUT2D eigenvalue weighted by Gasteiger charge is -2.38. The highest BCUT2D eigenvalue weighted by atomic mass is 35.5. The number of piperazine rings is 1. The van der Waals surface area contributed by atoms with Gasteiger partial charge in [0.1, 0.15) is 5.75 Å². The van der Waals surface area contributed by atoms with Gasteiger partial charge in [-0.25, -0.2) is 4.67 Å². The van der Waals surface area contributed by atoms with E-state index in [1.165, 1.54) is 0 Å². The molecule has 0 atom stereocenters. The van der Waals surface area contributed by atoms with Crippen LogP contribution in [0.15, 0.2) is 96.6 Å². The largest absolute Gasteiger partial charge is 0.495 e. The number of anilines is 1. The van der Waals surface area contributed by atoms with Gasteiger partial charge in [-0.05, 0) is 23.3 Å². The van der Waals surface area contributed by atoms with Gasteiger partial charge in [-0.15, -0.1) is 0 Å². The summed E-state index contributed by atoms with van der Waals surface area (Å²) in [6.45, 7) is 2.61. The van der Waals surface area contributed by atoms with Crippen molar-refractivity contribution in [1.82, 2.24) is 4.67 Å². The van der Waals surface area contributed by atoms with Crippen LogP contribution >= 0.6 is 30.5 Å². The number of benzene rings is 3. The molecule has 1 heterocycles. The molecule has 176 valence electrons. The summed E-state index contributed by atoms with van der Waals surface area (Å²) in [4.78, 5) is 2.25. The molecule has 3 aromatic rings. The number of halogens is 2. The summed E-state index contributed by atoms with van der Waals surface area (Å²) in [5.41, 5.74) is 2.68. The number of hydrogen-bond donors (Lipinski definition) is 0. The maximum atomic E-state index is 14.5. The minimum absolute atomic E-state index is 0.449. The van der Waals surface area contributed by atoms with Gasteiger partial charge in [-0.3, -0.25) is 4.57 Å². The van der Waals surface area contributed by atoms with Crippen LogP contribution in [0.2, 0.25) is 0 Å². The highest BCUT2D eigenvalue weighted by molar-refractivity contribution is 7.68. The van der Waals surface area contributed by atoms with E-state index in [1.54, 1.807) is 18.7 Å². The van der Waals surface area contributed by atoms with Gasteiger partial charge in [-0.2, -0.15) is 0 Å². The van der Waals surface area contributed by atoms with Gasteiger partial charge >= 0.3 is 0 Å². The molecule has 0 spiro atoms. The zero-order chi connectivity index (χ0) is 24.0. The Hall–Kier alpha value is -2.49. The van der Waals surface area contributed by atoms with Crippen LogP contribution in [-0.2, 0) is 4.57 Å². The summed E-state index contributed by atoms with van der Waals surface area (Å²) < 4.78 is 22.0. The van der Waals surface area contributed by atoms with Crippen molar-refractivity contribution in [3.8, 4) is 5.75 Å². The minimum atomic E-state index is -3.19. The van der Waals surface area contributed by atoms with E-state index in [9.17, 15) is 4.57 Å². The fourth-order valence-electron chi connectivity index (χ4n) is 4.01. The Kier molecular flexibility index (Phi) is 8.18. The number of nitrogens with zero attached hydrogens (tertiary/aromatic N) is 2. The van der Waals surface area contributed by atoms with Crippen LogP contribution in [0, 0.1) is 0 Å². The number of ether oxygens (including phenoxy) is 1. The van der Waals surface area contributed by atoms with Crippen LogP contribution in [0.25, 0.3) is 10.1 Å². The molecule has 0 aromatic heterocycles. The van der Waals surface area contributed by atoms with Crippen molar-refractivity contribution in [2.75, 3.05) is 38.2 Å². The third-order valence-electron chi connectivity index (χ3n) is 5.82. The second-order valence-corrected chi connectivity index (χ2v) is 11.2. The molecule has 4 rings (SSSR count). The van der Waals surface area contributed by atoms with Crippen molar-refractivity contribution in [3.05, 3.63) is 108 Å². The van der Waals surface area contributed by atoms with Gasteiger partial charge < -0.3 is 9.64 Å². The molecule has 3 aromatic carbocycles. The van der Waals surface area contributed by atoms with Gasteiger partial charge in [0.05, 0.1) is 22.9 Å². The average molecular weight is 513 g/mol. The first-order valence-corrected chi connectivity index (χ1v) is 13.7. The highest BCUT2D eigenvalue weighted by Crippen LogP contribution is 2.57. The lowest BCUT2D eigenvalue weighted by molar-refractivity contribution is 0.384. The van der Waals surface area contributed by atoms with Crippen LogP contribution in [-0.4, -0.2) is 38.0 Å². The monoisotopic (exact) mass is 512 g/mol. The summed E-state index contributed by atoms with van der Waals surface area (Å²) in [5.74, 6) is 4.18. The smallest absolute Gasteiger partial charge is 0.196 e. The summed E-state index contributed by atoms with van der Waals surface area (Å²) in [7, 11) is -1.51. The van der Waals surface area contributed by atoms with E-state index in [4.69, 9.17) is 27.9 Å². The van der Waals surface area contributed by atoms with Crippen LogP contribution in [0.1, 0.15) is 11.1 Å². The summed E-state index contributed by atoms with van der Waals surface area (Å²) >= 11 is 13.3. The molecule has 0 amide bonds. The van der Waals surface area contributed by atoms with Gasteiger partial charge in [0.15, 0.2) is 7.29 Å². The third-order valence-corrected chi connectivity index (χ3v) is 9.32. The van der Waals surface area contributed by atoms with Crippen LogP contribution in [0.4, 0.5) is 5.69 Å². The molecular weight excluding hydrogens is 486 g/mol. The Morgan fingerprint density at radius 3 is 1.74 bits per heavy atom. The standard InChI is InChI=1S/C27H27Cl2N2O2P/c1-33-27-15-9-8-14-26(27)30-16-18-31(19-17-30)34(32,20-24(28)22-10-4-2-5-11-22)21-25(29)23-12-6-3-7-13-23/h2-15,20-21H,16-19H2,1H3/b24-20-,25-21-. The van der Waals surface area contributed by atoms with E-state index in [2.05, 4.69) is 4.90 Å². The Morgan fingerprint density at radius 1 is 0.765 bits per heavy atom. The fourth-order valence-corrected chi connectivity index (χ4v) is 7.25. The molecular formula is C27H27Cl2N2O2P. The number of rotatable bonds is 7. The van der Waals surface area contributed by atoms with E-state index in [0.29, 0.717) is 36.2 Å². The molecule has 34 heavy (non-hydrogen) atoms. The Balaban J connectivity index is 1.64. The Bertz CT molecular complexity index is 1150. The summed E-state index contributed by atoms with van der Waals surface area (Å²) in [5, 5.41) is 0.898. The topological polar surface area (TPSA) is 32.8 Å². The molecule has 1 aliphatic heterocycles. The molecule has 0 unspecified atom stereocenters. The van der Waals surface area contributed by atoms with Gasteiger partial charge in [0.25, 0.3) is 0 Å². The molecule has 7 heteroatoms. The number of hydrogen-bond acceptors (Lipinski definition) is 3. The summed E-state index contributed by atoms with van der Waals surface area (Å²) in [6, 6.07) is 27.1.